The second kappa shape index (κ2) is 7.02. The van der Waals surface area contributed by atoms with Crippen molar-refractivity contribution in [1.29, 1.82) is 0 Å². The highest BCUT2D eigenvalue weighted by molar-refractivity contribution is 5.74. The molecule has 0 fully saturated rings. The average Bonchev–Trinajstić information content (AvgIpc) is 2.92. The SMILES string of the molecule is CCCn1cccc1CNc1c(N(C)C)ccnc1OC. The van der Waals surface area contributed by atoms with Crippen molar-refractivity contribution in [2.24, 2.45) is 0 Å². The van der Waals surface area contributed by atoms with E-state index in [1.54, 1.807) is 13.3 Å². The molecule has 0 atom stereocenters. The van der Waals surface area contributed by atoms with Gasteiger partial charge in [-0.3, -0.25) is 0 Å². The molecule has 5 heteroatoms. The quantitative estimate of drug-likeness (QED) is 0.850. The Morgan fingerprint density at radius 3 is 2.81 bits per heavy atom. The molecular formula is C16H24N4O. The van der Waals surface area contributed by atoms with Crippen LogP contribution in [0.2, 0.25) is 0 Å². The van der Waals surface area contributed by atoms with Gasteiger partial charge in [0.15, 0.2) is 0 Å². The molecule has 114 valence electrons. The van der Waals surface area contributed by atoms with Crippen molar-refractivity contribution in [3.05, 3.63) is 36.3 Å². The van der Waals surface area contributed by atoms with Crippen LogP contribution in [0.3, 0.4) is 0 Å². The summed E-state index contributed by atoms with van der Waals surface area (Å²) in [5.41, 5.74) is 3.25. The fourth-order valence-corrected chi connectivity index (χ4v) is 2.37. The zero-order chi connectivity index (χ0) is 15.2. The van der Waals surface area contributed by atoms with E-state index in [1.165, 1.54) is 5.69 Å². The second-order valence-corrected chi connectivity index (χ2v) is 5.16. The standard InChI is InChI=1S/C16H24N4O/c1-5-10-20-11-6-7-13(20)12-18-15-14(19(2)3)8-9-17-16(15)21-4/h6-9,11,18H,5,10,12H2,1-4H3. The first-order valence-electron chi connectivity index (χ1n) is 7.25. The monoisotopic (exact) mass is 288 g/mol. The fourth-order valence-electron chi connectivity index (χ4n) is 2.37. The van der Waals surface area contributed by atoms with E-state index in [0.717, 1.165) is 30.9 Å². The van der Waals surface area contributed by atoms with Crippen LogP contribution in [-0.4, -0.2) is 30.8 Å². The maximum atomic E-state index is 5.38. The molecule has 21 heavy (non-hydrogen) atoms. The molecular weight excluding hydrogens is 264 g/mol. The van der Waals surface area contributed by atoms with Crippen molar-refractivity contribution in [3.8, 4) is 5.88 Å². The molecule has 0 aromatic carbocycles. The summed E-state index contributed by atoms with van der Waals surface area (Å²) in [4.78, 5) is 6.33. The molecule has 5 nitrogen and oxygen atoms in total. The number of aryl methyl sites for hydroxylation is 1. The molecule has 0 saturated heterocycles. The molecule has 0 spiro atoms. The van der Waals surface area contributed by atoms with Crippen molar-refractivity contribution in [1.82, 2.24) is 9.55 Å². The molecule has 2 aromatic heterocycles. The second-order valence-electron chi connectivity index (χ2n) is 5.16. The minimum absolute atomic E-state index is 0.620. The number of nitrogens with zero attached hydrogens (tertiary/aromatic N) is 3. The topological polar surface area (TPSA) is 42.3 Å². The third-order valence-corrected chi connectivity index (χ3v) is 3.40. The molecule has 0 radical (unpaired) electrons. The number of anilines is 2. The van der Waals surface area contributed by atoms with E-state index < -0.39 is 0 Å². The normalized spacial score (nSPS) is 10.5. The maximum absolute atomic E-state index is 5.38. The Morgan fingerprint density at radius 1 is 1.33 bits per heavy atom. The largest absolute Gasteiger partial charge is 0.479 e. The lowest BCUT2D eigenvalue weighted by Gasteiger charge is -2.20. The molecule has 0 aliphatic heterocycles. The van der Waals surface area contributed by atoms with Gasteiger partial charge in [0.2, 0.25) is 5.88 Å². The Hall–Kier alpha value is -2.17. The number of methoxy groups -OCH3 is 1. The van der Waals surface area contributed by atoms with E-state index >= 15 is 0 Å². The molecule has 0 bridgehead atoms. The van der Waals surface area contributed by atoms with Crippen LogP contribution in [0.25, 0.3) is 0 Å². The molecule has 2 rings (SSSR count). The van der Waals surface area contributed by atoms with Crippen LogP contribution >= 0.6 is 0 Å². The highest BCUT2D eigenvalue weighted by Gasteiger charge is 2.12. The molecule has 0 aliphatic rings. The van der Waals surface area contributed by atoms with E-state index in [-0.39, 0.29) is 0 Å². The van der Waals surface area contributed by atoms with Gasteiger partial charge in [-0.2, -0.15) is 0 Å². The Morgan fingerprint density at radius 2 is 2.14 bits per heavy atom. The van der Waals surface area contributed by atoms with Gasteiger partial charge < -0.3 is 19.5 Å². The number of aromatic nitrogens is 2. The zero-order valence-corrected chi connectivity index (χ0v) is 13.3. The molecule has 1 N–H and O–H groups in total. The van der Waals surface area contributed by atoms with Crippen LogP contribution in [0.5, 0.6) is 5.88 Å². The van der Waals surface area contributed by atoms with E-state index in [1.807, 2.05) is 20.2 Å². The van der Waals surface area contributed by atoms with Crippen LogP contribution in [0, 0.1) is 0 Å². The Bertz CT molecular complexity index is 577. The first-order valence-corrected chi connectivity index (χ1v) is 7.25. The van der Waals surface area contributed by atoms with Crippen molar-refractivity contribution in [3.63, 3.8) is 0 Å². The predicted octanol–water partition coefficient (Wildman–Crippen LogP) is 2.98. The van der Waals surface area contributed by atoms with Crippen LogP contribution < -0.4 is 15.0 Å². The number of hydrogen-bond donors (Lipinski definition) is 1. The Labute approximate surface area is 126 Å². The van der Waals surface area contributed by atoms with Gasteiger partial charge >= 0.3 is 0 Å². The van der Waals surface area contributed by atoms with Crippen molar-refractivity contribution in [2.45, 2.75) is 26.4 Å². The van der Waals surface area contributed by atoms with Gasteiger partial charge in [0.05, 0.1) is 19.3 Å². The maximum Gasteiger partial charge on any atom is 0.239 e. The molecule has 0 unspecified atom stereocenters. The van der Waals surface area contributed by atoms with Crippen molar-refractivity contribution in [2.75, 3.05) is 31.4 Å². The van der Waals surface area contributed by atoms with Crippen LogP contribution in [0.15, 0.2) is 30.6 Å². The summed E-state index contributed by atoms with van der Waals surface area (Å²) in [6.07, 6.45) is 5.01. The summed E-state index contributed by atoms with van der Waals surface area (Å²) in [7, 11) is 5.67. The lowest BCUT2D eigenvalue weighted by molar-refractivity contribution is 0.399. The highest BCUT2D eigenvalue weighted by Crippen LogP contribution is 2.32. The van der Waals surface area contributed by atoms with Gasteiger partial charge in [0, 0.05) is 38.7 Å². The number of ether oxygens (including phenoxy) is 1. The average molecular weight is 288 g/mol. The third-order valence-electron chi connectivity index (χ3n) is 3.40. The van der Waals surface area contributed by atoms with Crippen LogP contribution in [-0.2, 0) is 13.1 Å². The van der Waals surface area contributed by atoms with E-state index in [2.05, 4.69) is 45.0 Å². The van der Waals surface area contributed by atoms with Gasteiger partial charge in [-0.15, -0.1) is 0 Å². The summed E-state index contributed by atoms with van der Waals surface area (Å²) in [6, 6.07) is 6.21. The lowest BCUT2D eigenvalue weighted by atomic mass is 10.3. The summed E-state index contributed by atoms with van der Waals surface area (Å²) in [5, 5.41) is 3.47. The predicted molar refractivity (Wildman–Crippen MR) is 87.2 cm³/mol. The van der Waals surface area contributed by atoms with Crippen LogP contribution in [0.1, 0.15) is 19.0 Å². The summed E-state index contributed by atoms with van der Waals surface area (Å²) in [6.45, 7) is 3.97. The lowest BCUT2D eigenvalue weighted by Crippen LogP contribution is -2.14. The first-order chi connectivity index (χ1) is 10.2. The van der Waals surface area contributed by atoms with Crippen molar-refractivity contribution >= 4 is 11.4 Å². The first kappa shape index (κ1) is 15.2. The van der Waals surface area contributed by atoms with Gasteiger partial charge in [0.25, 0.3) is 0 Å². The smallest absolute Gasteiger partial charge is 0.239 e. The third kappa shape index (κ3) is 3.48. The molecule has 0 aliphatic carbocycles. The van der Waals surface area contributed by atoms with E-state index in [9.17, 15) is 0 Å². The van der Waals surface area contributed by atoms with E-state index in [4.69, 9.17) is 4.74 Å². The van der Waals surface area contributed by atoms with Gasteiger partial charge in [-0.1, -0.05) is 6.92 Å². The Balaban J connectivity index is 2.20. The summed E-state index contributed by atoms with van der Waals surface area (Å²) in [5.74, 6) is 0.620. The van der Waals surface area contributed by atoms with Crippen LogP contribution in [0.4, 0.5) is 11.4 Å². The number of rotatable bonds is 7. The van der Waals surface area contributed by atoms with E-state index in [0.29, 0.717) is 5.88 Å². The highest BCUT2D eigenvalue weighted by atomic mass is 16.5. The summed E-state index contributed by atoms with van der Waals surface area (Å²) < 4.78 is 7.65. The van der Waals surface area contributed by atoms with Gasteiger partial charge in [-0.05, 0) is 24.6 Å². The number of nitrogens with one attached hydrogen (secondary N) is 1. The van der Waals surface area contributed by atoms with Gasteiger partial charge in [0.1, 0.15) is 5.69 Å². The fraction of sp³-hybridized carbons (Fsp3) is 0.438. The minimum atomic E-state index is 0.620. The molecule has 2 aromatic rings. The summed E-state index contributed by atoms with van der Waals surface area (Å²) >= 11 is 0. The van der Waals surface area contributed by atoms with Gasteiger partial charge in [-0.25, -0.2) is 4.98 Å². The molecule has 0 saturated carbocycles. The zero-order valence-electron chi connectivity index (χ0n) is 13.3. The molecule has 2 heterocycles. The Kier molecular flexibility index (Phi) is 5.09. The van der Waals surface area contributed by atoms with Crippen molar-refractivity contribution < 1.29 is 4.74 Å². The minimum Gasteiger partial charge on any atom is -0.479 e. The number of pyridine rings is 1. The molecule has 0 amide bonds. The number of hydrogen-bond acceptors (Lipinski definition) is 4.